The lowest BCUT2D eigenvalue weighted by Crippen LogP contribution is -2.19. The normalized spacial score (nSPS) is 23.6. The predicted molar refractivity (Wildman–Crippen MR) is 96.2 cm³/mol. The van der Waals surface area contributed by atoms with E-state index >= 15 is 0 Å². The summed E-state index contributed by atoms with van der Waals surface area (Å²) in [6.45, 7) is 4.21. The van der Waals surface area contributed by atoms with Crippen LogP contribution in [0.25, 0.3) is 0 Å². The largest absolute Gasteiger partial charge is 0.491 e. The summed E-state index contributed by atoms with van der Waals surface area (Å²) in [6, 6.07) is 15.0. The highest BCUT2D eigenvalue weighted by Crippen LogP contribution is 2.43. The summed E-state index contributed by atoms with van der Waals surface area (Å²) in [6.07, 6.45) is 0.317. The summed E-state index contributed by atoms with van der Waals surface area (Å²) in [4.78, 5) is 0. The van der Waals surface area contributed by atoms with E-state index in [9.17, 15) is 4.57 Å². The van der Waals surface area contributed by atoms with E-state index in [1.807, 2.05) is 48.5 Å². The van der Waals surface area contributed by atoms with Crippen molar-refractivity contribution >= 4 is 17.8 Å². The van der Waals surface area contributed by atoms with E-state index in [0.29, 0.717) is 30.0 Å². The molecule has 0 aromatic heterocycles. The van der Waals surface area contributed by atoms with Gasteiger partial charge in [0.25, 0.3) is 0 Å². The van der Waals surface area contributed by atoms with Crippen molar-refractivity contribution in [3.63, 3.8) is 0 Å². The molecule has 3 unspecified atom stereocenters. The highest BCUT2D eigenvalue weighted by atomic mass is 31.2. The number of hydrogen-bond acceptors (Lipinski definition) is 5. The maximum atomic E-state index is 13.6. The molecule has 5 nitrogen and oxygen atoms in total. The molecule has 2 aromatic carbocycles. The lowest BCUT2D eigenvalue weighted by Gasteiger charge is -2.19. The third kappa shape index (κ3) is 4.06. The standard InChI is InChI=1S/C19H21O5P/c1-25(20,17-5-3-2-4-6-17)19-9-14(21-10-15-11-22-15)7-8-18(19)24-13-16-12-23-16/h2-9,15-16H,10-13H2,1H3. The van der Waals surface area contributed by atoms with Gasteiger partial charge in [-0.25, -0.2) is 0 Å². The molecule has 2 saturated heterocycles. The molecule has 2 aliphatic heterocycles. The molecule has 2 aliphatic rings. The Hall–Kier alpha value is -1.81. The van der Waals surface area contributed by atoms with Crippen molar-refractivity contribution in [2.75, 3.05) is 33.1 Å². The second kappa shape index (κ2) is 6.83. The average molecular weight is 360 g/mol. The zero-order chi connectivity index (χ0) is 17.3. The molecule has 132 valence electrons. The molecule has 25 heavy (non-hydrogen) atoms. The number of rotatable bonds is 8. The first-order valence-electron chi connectivity index (χ1n) is 8.39. The first-order chi connectivity index (χ1) is 12.1. The Morgan fingerprint density at radius 3 is 2.28 bits per heavy atom. The minimum absolute atomic E-state index is 0.142. The molecular formula is C19H21O5P. The Balaban J connectivity index is 1.64. The topological polar surface area (TPSA) is 60.6 Å². The Labute approximate surface area is 147 Å². The van der Waals surface area contributed by atoms with Crippen LogP contribution in [0.5, 0.6) is 11.5 Å². The summed E-state index contributed by atoms with van der Waals surface area (Å²) in [7, 11) is -2.81. The number of hydrogen-bond donors (Lipinski definition) is 0. The zero-order valence-electron chi connectivity index (χ0n) is 14.1. The SMILES string of the molecule is CP(=O)(c1ccccc1)c1cc(OCC2CO2)ccc1OCC1CO1. The Morgan fingerprint density at radius 2 is 1.64 bits per heavy atom. The molecule has 0 amide bonds. The fourth-order valence-electron chi connectivity index (χ4n) is 2.59. The average Bonchev–Trinajstić information content (AvgIpc) is 3.54. The van der Waals surface area contributed by atoms with Gasteiger partial charge in [0, 0.05) is 5.30 Å². The molecule has 6 heteroatoms. The predicted octanol–water partition coefficient (Wildman–Crippen LogP) is 2.19. The van der Waals surface area contributed by atoms with E-state index < -0.39 is 7.14 Å². The molecule has 0 aliphatic carbocycles. The highest BCUT2D eigenvalue weighted by Gasteiger charge is 2.29. The van der Waals surface area contributed by atoms with Crippen LogP contribution < -0.4 is 20.1 Å². The van der Waals surface area contributed by atoms with Crippen LogP contribution in [-0.4, -0.2) is 45.3 Å². The lowest BCUT2D eigenvalue weighted by molar-refractivity contribution is 0.258. The summed E-state index contributed by atoms with van der Waals surface area (Å²) in [5.74, 6) is 1.30. The van der Waals surface area contributed by atoms with Gasteiger partial charge < -0.3 is 23.5 Å². The Bertz CT molecular complexity index is 784. The third-order valence-electron chi connectivity index (χ3n) is 4.30. The van der Waals surface area contributed by atoms with E-state index in [4.69, 9.17) is 18.9 Å². The van der Waals surface area contributed by atoms with Crippen molar-refractivity contribution in [3.05, 3.63) is 48.5 Å². The quantitative estimate of drug-likeness (QED) is 0.533. The van der Waals surface area contributed by atoms with Crippen LogP contribution >= 0.6 is 7.14 Å². The van der Waals surface area contributed by atoms with Gasteiger partial charge in [-0.15, -0.1) is 0 Å². The van der Waals surface area contributed by atoms with Gasteiger partial charge in [-0.3, -0.25) is 0 Å². The van der Waals surface area contributed by atoms with Gasteiger partial charge in [-0.2, -0.15) is 0 Å². The Kier molecular flexibility index (Phi) is 4.55. The smallest absolute Gasteiger partial charge is 0.144 e. The second-order valence-corrected chi connectivity index (χ2v) is 9.27. The van der Waals surface area contributed by atoms with Crippen LogP contribution in [0.15, 0.2) is 48.5 Å². The highest BCUT2D eigenvalue weighted by molar-refractivity contribution is 7.78. The molecule has 0 bridgehead atoms. The van der Waals surface area contributed by atoms with Crippen molar-refractivity contribution < 1.29 is 23.5 Å². The van der Waals surface area contributed by atoms with Crippen molar-refractivity contribution in [3.8, 4) is 11.5 Å². The minimum Gasteiger partial charge on any atom is -0.491 e. The van der Waals surface area contributed by atoms with Crippen molar-refractivity contribution in [2.24, 2.45) is 0 Å². The first kappa shape index (κ1) is 16.6. The fraction of sp³-hybridized carbons (Fsp3) is 0.368. The third-order valence-corrected chi connectivity index (χ3v) is 6.86. The molecular weight excluding hydrogens is 339 g/mol. The number of ether oxygens (including phenoxy) is 4. The van der Waals surface area contributed by atoms with Crippen LogP contribution in [0.2, 0.25) is 0 Å². The van der Waals surface area contributed by atoms with Crippen molar-refractivity contribution in [1.82, 2.24) is 0 Å². The number of benzene rings is 2. The second-order valence-electron chi connectivity index (χ2n) is 6.42. The maximum absolute atomic E-state index is 13.6. The number of epoxide rings is 2. The monoisotopic (exact) mass is 360 g/mol. The van der Waals surface area contributed by atoms with Crippen LogP contribution in [-0.2, 0) is 14.0 Å². The van der Waals surface area contributed by atoms with Crippen molar-refractivity contribution in [2.45, 2.75) is 12.2 Å². The summed E-state index contributed by atoms with van der Waals surface area (Å²) < 4.78 is 35.6. The summed E-state index contributed by atoms with van der Waals surface area (Å²) in [5.41, 5.74) is 0. The van der Waals surface area contributed by atoms with E-state index in [-0.39, 0.29) is 12.2 Å². The van der Waals surface area contributed by atoms with Gasteiger partial charge in [0.15, 0.2) is 0 Å². The summed E-state index contributed by atoms with van der Waals surface area (Å²) in [5, 5.41) is 1.47. The van der Waals surface area contributed by atoms with E-state index in [0.717, 1.165) is 18.5 Å². The van der Waals surface area contributed by atoms with E-state index in [2.05, 4.69) is 0 Å². The van der Waals surface area contributed by atoms with Gasteiger partial charge >= 0.3 is 0 Å². The van der Waals surface area contributed by atoms with Crippen LogP contribution in [0.4, 0.5) is 0 Å². The van der Waals surface area contributed by atoms with Crippen LogP contribution in [0.3, 0.4) is 0 Å². The lowest BCUT2D eigenvalue weighted by atomic mass is 10.3. The van der Waals surface area contributed by atoms with Crippen LogP contribution in [0.1, 0.15) is 0 Å². The van der Waals surface area contributed by atoms with Gasteiger partial charge in [-0.05, 0) is 24.9 Å². The van der Waals surface area contributed by atoms with Crippen molar-refractivity contribution in [1.29, 1.82) is 0 Å². The van der Waals surface area contributed by atoms with Gasteiger partial charge in [0.05, 0.1) is 18.5 Å². The first-order valence-corrected chi connectivity index (χ1v) is 10.5. The Morgan fingerprint density at radius 1 is 1.00 bits per heavy atom. The molecule has 2 aromatic rings. The summed E-state index contributed by atoms with van der Waals surface area (Å²) >= 11 is 0. The molecule has 2 heterocycles. The van der Waals surface area contributed by atoms with Crippen LogP contribution in [0, 0.1) is 0 Å². The maximum Gasteiger partial charge on any atom is 0.144 e. The molecule has 4 rings (SSSR count). The fourth-order valence-corrected chi connectivity index (χ4v) is 4.55. The van der Waals surface area contributed by atoms with Gasteiger partial charge in [-0.1, -0.05) is 30.3 Å². The van der Waals surface area contributed by atoms with Gasteiger partial charge in [0.1, 0.15) is 44.1 Å². The molecule has 0 radical (unpaired) electrons. The molecule has 0 saturated carbocycles. The molecule has 3 atom stereocenters. The van der Waals surface area contributed by atoms with Gasteiger partial charge in [0.2, 0.25) is 0 Å². The zero-order valence-corrected chi connectivity index (χ0v) is 15.0. The minimum atomic E-state index is -2.81. The molecule has 2 fully saturated rings. The molecule has 0 N–H and O–H groups in total. The molecule has 0 spiro atoms. The van der Waals surface area contributed by atoms with E-state index in [1.165, 1.54) is 0 Å². The van der Waals surface area contributed by atoms with E-state index in [1.54, 1.807) is 6.66 Å².